The van der Waals surface area contributed by atoms with Crippen LogP contribution in [0.1, 0.15) is 20.7 Å². The molecule has 0 saturated heterocycles. The minimum absolute atomic E-state index is 0.259. The lowest BCUT2D eigenvalue weighted by Crippen LogP contribution is -2.21. The smallest absolute Gasteiger partial charge is 0.270 e. The number of benzene rings is 2. The molecule has 0 bridgehead atoms. The Kier molecular flexibility index (Phi) is 4.97. The second-order valence-corrected chi connectivity index (χ2v) is 5.81. The Morgan fingerprint density at radius 2 is 1.60 bits per heavy atom. The van der Waals surface area contributed by atoms with Gasteiger partial charge in [0.1, 0.15) is 12.7 Å². The molecule has 0 unspecified atom stereocenters. The highest BCUT2D eigenvalue weighted by molar-refractivity contribution is 6.37. The molecule has 0 spiro atoms. The molecule has 0 aliphatic carbocycles. The molecular formula is C16H11Cl2N5O2. The molecule has 2 amide bonds. The van der Waals surface area contributed by atoms with E-state index in [-0.39, 0.29) is 16.8 Å². The van der Waals surface area contributed by atoms with E-state index in [1.807, 2.05) is 0 Å². The SMILES string of the molecule is O=C(Nn1cnnc1)c1ccc(NC(=O)c2ccc(Cl)cc2Cl)cc1. The number of halogens is 2. The van der Waals surface area contributed by atoms with Crippen molar-refractivity contribution in [3.05, 3.63) is 76.3 Å². The Labute approximate surface area is 152 Å². The Morgan fingerprint density at radius 3 is 2.24 bits per heavy atom. The van der Waals surface area contributed by atoms with Gasteiger partial charge in [0.2, 0.25) is 0 Å². The highest BCUT2D eigenvalue weighted by atomic mass is 35.5. The molecule has 0 aliphatic heterocycles. The molecule has 9 heteroatoms. The Bertz CT molecular complexity index is 911. The van der Waals surface area contributed by atoms with Crippen LogP contribution in [0.15, 0.2) is 55.1 Å². The number of amides is 2. The Morgan fingerprint density at radius 1 is 0.920 bits per heavy atom. The molecule has 0 radical (unpaired) electrons. The fourth-order valence-electron chi connectivity index (χ4n) is 2.02. The van der Waals surface area contributed by atoms with E-state index in [1.54, 1.807) is 36.4 Å². The van der Waals surface area contributed by atoms with Crippen molar-refractivity contribution < 1.29 is 9.59 Å². The van der Waals surface area contributed by atoms with Crippen LogP contribution >= 0.6 is 23.2 Å². The van der Waals surface area contributed by atoms with Gasteiger partial charge < -0.3 is 5.32 Å². The van der Waals surface area contributed by atoms with Gasteiger partial charge >= 0.3 is 0 Å². The zero-order chi connectivity index (χ0) is 17.8. The average Bonchev–Trinajstić information content (AvgIpc) is 3.08. The lowest BCUT2D eigenvalue weighted by Gasteiger charge is -2.08. The number of rotatable bonds is 4. The topological polar surface area (TPSA) is 88.9 Å². The predicted octanol–water partition coefficient (Wildman–Crippen LogP) is 3.22. The molecule has 0 fully saturated rings. The van der Waals surface area contributed by atoms with Crippen LogP contribution < -0.4 is 10.7 Å². The van der Waals surface area contributed by atoms with E-state index in [1.165, 1.54) is 23.4 Å². The molecule has 0 atom stereocenters. The number of carbonyl (C=O) groups is 2. The molecule has 0 aliphatic rings. The van der Waals surface area contributed by atoms with Gasteiger partial charge in [0.25, 0.3) is 11.8 Å². The van der Waals surface area contributed by atoms with Crippen molar-refractivity contribution in [3.8, 4) is 0 Å². The largest absolute Gasteiger partial charge is 0.322 e. The van der Waals surface area contributed by atoms with Crippen molar-refractivity contribution in [1.82, 2.24) is 14.9 Å². The number of hydrogen-bond acceptors (Lipinski definition) is 4. The molecule has 1 heterocycles. The van der Waals surface area contributed by atoms with Gasteiger partial charge in [-0.1, -0.05) is 23.2 Å². The molecule has 25 heavy (non-hydrogen) atoms. The van der Waals surface area contributed by atoms with Gasteiger partial charge in [0.15, 0.2) is 0 Å². The van der Waals surface area contributed by atoms with Crippen molar-refractivity contribution in [2.45, 2.75) is 0 Å². The van der Waals surface area contributed by atoms with Crippen LogP contribution in [0.5, 0.6) is 0 Å². The zero-order valence-electron chi connectivity index (χ0n) is 12.6. The van der Waals surface area contributed by atoms with Gasteiger partial charge in [-0.3, -0.25) is 15.0 Å². The number of nitrogens with zero attached hydrogens (tertiary/aromatic N) is 3. The molecule has 7 nitrogen and oxygen atoms in total. The summed E-state index contributed by atoms with van der Waals surface area (Å²) in [7, 11) is 0. The molecule has 3 rings (SSSR count). The molecule has 1 aromatic heterocycles. The van der Waals surface area contributed by atoms with Crippen molar-refractivity contribution in [1.29, 1.82) is 0 Å². The summed E-state index contributed by atoms with van der Waals surface area (Å²) in [6.07, 6.45) is 2.73. The summed E-state index contributed by atoms with van der Waals surface area (Å²) in [5, 5.41) is 10.6. The van der Waals surface area contributed by atoms with E-state index in [9.17, 15) is 9.59 Å². The summed E-state index contributed by atoms with van der Waals surface area (Å²) < 4.78 is 1.33. The van der Waals surface area contributed by atoms with E-state index < -0.39 is 0 Å². The fraction of sp³-hybridized carbons (Fsp3) is 0. The maximum absolute atomic E-state index is 12.2. The van der Waals surface area contributed by atoms with Crippen LogP contribution in [0.25, 0.3) is 0 Å². The minimum Gasteiger partial charge on any atom is -0.322 e. The fourth-order valence-corrected chi connectivity index (χ4v) is 2.51. The molecule has 2 N–H and O–H groups in total. The quantitative estimate of drug-likeness (QED) is 0.732. The van der Waals surface area contributed by atoms with Crippen molar-refractivity contribution >= 4 is 40.7 Å². The summed E-state index contributed by atoms with van der Waals surface area (Å²) in [5.74, 6) is -0.707. The monoisotopic (exact) mass is 375 g/mol. The maximum atomic E-state index is 12.2. The van der Waals surface area contributed by atoms with Gasteiger partial charge in [-0.2, -0.15) is 0 Å². The van der Waals surface area contributed by atoms with Gasteiger partial charge in [-0.05, 0) is 42.5 Å². The second-order valence-electron chi connectivity index (χ2n) is 4.97. The van der Waals surface area contributed by atoms with Gasteiger partial charge in [0, 0.05) is 16.3 Å². The minimum atomic E-state index is -0.372. The third kappa shape index (κ3) is 4.14. The second kappa shape index (κ2) is 7.33. The third-order valence-electron chi connectivity index (χ3n) is 3.23. The number of carbonyl (C=O) groups excluding carboxylic acids is 2. The first kappa shape index (κ1) is 16.9. The number of aromatic nitrogens is 3. The summed E-state index contributed by atoms with van der Waals surface area (Å²) in [6.45, 7) is 0. The first-order valence-corrected chi connectivity index (χ1v) is 7.81. The molecule has 3 aromatic rings. The van der Waals surface area contributed by atoms with Crippen LogP contribution in [0.3, 0.4) is 0 Å². The van der Waals surface area contributed by atoms with Crippen LogP contribution in [0, 0.1) is 0 Å². The Hall–Kier alpha value is -2.90. The lowest BCUT2D eigenvalue weighted by atomic mass is 10.1. The lowest BCUT2D eigenvalue weighted by molar-refractivity contribution is 0.100. The number of hydrogen-bond donors (Lipinski definition) is 2. The van der Waals surface area contributed by atoms with Gasteiger partial charge in [0.05, 0.1) is 10.6 Å². The molecule has 2 aromatic carbocycles. The van der Waals surface area contributed by atoms with Crippen LogP contribution in [0.2, 0.25) is 10.0 Å². The van der Waals surface area contributed by atoms with E-state index in [0.717, 1.165) is 0 Å². The first-order valence-electron chi connectivity index (χ1n) is 7.05. The Balaban J connectivity index is 1.68. The standard InChI is InChI=1S/C16H11Cl2N5O2/c17-11-3-6-13(14(18)7-11)16(25)21-12-4-1-10(2-5-12)15(24)22-23-8-19-20-9-23/h1-9H,(H,21,25)(H,22,24). The number of anilines is 1. The van der Waals surface area contributed by atoms with Crippen LogP contribution in [-0.2, 0) is 0 Å². The van der Waals surface area contributed by atoms with Crippen LogP contribution in [-0.4, -0.2) is 26.7 Å². The van der Waals surface area contributed by atoms with Gasteiger partial charge in [-0.15, -0.1) is 10.2 Å². The van der Waals surface area contributed by atoms with E-state index in [4.69, 9.17) is 23.2 Å². The van der Waals surface area contributed by atoms with Crippen molar-refractivity contribution in [3.63, 3.8) is 0 Å². The predicted molar refractivity (Wildman–Crippen MR) is 94.6 cm³/mol. The summed E-state index contributed by atoms with van der Waals surface area (Å²) in [4.78, 5) is 24.3. The summed E-state index contributed by atoms with van der Waals surface area (Å²) >= 11 is 11.8. The summed E-state index contributed by atoms with van der Waals surface area (Å²) in [6, 6.07) is 11.0. The van der Waals surface area contributed by atoms with E-state index >= 15 is 0 Å². The number of nitrogens with one attached hydrogen (secondary N) is 2. The maximum Gasteiger partial charge on any atom is 0.270 e. The van der Waals surface area contributed by atoms with E-state index in [0.29, 0.717) is 21.8 Å². The first-order chi connectivity index (χ1) is 12.0. The average molecular weight is 376 g/mol. The third-order valence-corrected chi connectivity index (χ3v) is 3.78. The van der Waals surface area contributed by atoms with Crippen molar-refractivity contribution in [2.24, 2.45) is 0 Å². The molecular weight excluding hydrogens is 365 g/mol. The zero-order valence-corrected chi connectivity index (χ0v) is 14.1. The molecule has 0 saturated carbocycles. The van der Waals surface area contributed by atoms with Crippen LogP contribution in [0.4, 0.5) is 5.69 Å². The highest BCUT2D eigenvalue weighted by Crippen LogP contribution is 2.22. The summed E-state index contributed by atoms with van der Waals surface area (Å²) in [5.41, 5.74) is 3.82. The van der Waals surface area contributed by atoms with Gasteiger partial charge in [-0.25, -0.2) is 4.68 Å². The van der Waals surface area contributed by atoms with Crippen molar-refractivity contribution in [2.75, 3.05) is 10.7 Å². The van der Waals surface area contributed by atoms with E-state index in [2.05, 4.69) is 20.9 Å². The molecule has 126 valence electrons. The normalized spacial score (nSPS) is 10.3. The highest BCUT2D eigenvalue weighted by Gasteiger charge is 2.12.